The molecule has 4 saturated heterocycles. The molecule has 24 nitrogen and oxygen atoms in total. The molecule has 24 heteroatoms. The highest BCUT2D eigenvalue weighted by Gasteiger charge is 2.47. The van der Waals surface area contributed by atoms with E-state index in [0.29, 0.717) is 68.5 Å². The molecule has 8 aliphatic rings. The molecule has 8 N–H and O–H groups in total. The van der Waals surface area contributed by atoms with Gasteiger partial charge in [-0.3, -0.25) is 38.8 Å². The highest BCUT2D eigenvalue weighted by Crippen LogP contribution is 2.50. The number of nitrogens with two attached hydrogens (primary N) is 4. The summed E-state index contributed by atoms with van der Waals surface area (Å²) in [4.78, 5) is 59.9. The van der Waals surface area contributed by atoms with Crippen molar-refractivity contribution >= 4 is 23.9 Å². The fraction of sp³-hybridized carbons (Fsp3) is 0.708. The third-order valence-electron chi connectivity index (χ3n) is 24.6. The average Bonchev–Trinajstić information content (AvgIpc) is 0.734. The van der Waals surface area contributed by atoms with Crippen LogP contribution in [0.4, 0.5) is 0 Å². The van der Waals surface area contributed by atoms with Gasteiger partial charge in [-0.15, -0.1) is 0 Å². The molecule has 6 unspecified atom stereocenters. The first-order valence-electron chi connectivity index (χ1n) is 55.6. The average molecular weight is 1700 g/mol. The lowest BCUT2D eigenvalue weighted by Crippen LogP contribution is -2.51. The Morgan fingerprint density at radius 2 is 0.575 bits per heavy atom. The summed E-state index contributed by atoms with van der Waals surface area (Å²) in [5.74, 6) is -10.7. The lowest BCUT2D eigenvalue weighted by Gasteiger charge is -2.47. The Morgan fingerprint density at radius 1 is 0.358 bits per heavy atom. The Labute approximate surface area is 756 Å². The van der Waals surface area contributed by atoms with Crippen LogP contribution < -0.4 is 60.8 Å². The standard InChI is InChI=1S/4C24H38N2O4/c4*1-14(2)9-17-13-26-8-7-16-10-21(28-5)22(29-6)11-18(16)19(26)12-20(17)30-24(27)23(25)15(3)4/h4*10-11,14-15,17,19-20,23H,7-9,12-13,25H2,1-6H3/t17?,19?,20?,23-;3*17-,19-,20-,23+/m0111/s1/i5D3;2*1D3,5D3,9D2,14D;1D3,9D2,14D/tm;3*14?,17-,19-,20-,23+. The van der Waals surface area contributed by atoms with E-state index in [4.69, 9.17) is 117 Å². The molecule has 0 saturated carbocycles. The second-order valence-corrected chi connectivity index (χ2v) is 34.8. The number of esters is 4. The molecule has 120 heavy (non-hydrogen) atoms. The summed E-state index contributed by atoms with van der Waals surface area (Å²) in [6.07, 6.45) is -6.37. The van der Waals surface area contributed by atoms with Gasteiger partial charge in [-0.2, -0.15) is 0 Å². The van der Waals surface area contributed by atoms with Gasteiger partial charge in [0.1, 0.15) is 48.6 Å². The molecule has 4 aromatic rings. The van der Waals surface area contributed by atoms with Gasteiger partial charge < -0.3 is 79.8 Å². The normalized spacial score (nSPS) is 30.7. The summed E-state index contributed by atoms with van der Waals surface area (Å²) in [5.41, 5.74) is 31.5. The van der Waals surface area contributed by atoms with Crippen molar-refractivity contribution in [1.29, 1.82) is 0 Å². The number of hydrogen-bond donors (Lipinski definition) is 4. The molecule has 8 aliphatic heterocycles. The molecule has 4 aromatic carbocycles. The molecular weight excluding hydrogens is 1520 g/mol. The number of fused-ring (bicyclic) bond motifs is 12. The highest BCUT2D eigenvalue weighted by molar-refractivity contribution is 5.77. The van der Waals surface area contributed by atoms with Crippen LogP contribution in [0.2, 0.25) is 0 Å². The van der Waals surface area contributed by atoms with Gasteiger partial charge in [-0.25, -0.2) is 0 Å². The van der Waals surface area contributed by atoms with Crippen LogP contribution in [-0.4, -0.2) is 201 Å². The zero-order valence-corrected chi connectivity index (χ0v) is 73.4. The van der Waals surface area contributed by atoms with Crippen LogP contribution >= 0.6 is 0 Å². The fourth-order valence-corrected chi connectivity index (χ4v) is 17.8. The molecule has 0 radical (unpaired) electrons. The van der Waals surface area contributed by atoms with Crippen molar-refractivity contribution in [3.05, 3.63) is 93.0 Å². The summed E-state index contributed by atoms with van der Waals surface area (Å²) in [6.45, 7) is 16.7. The zero-order valence-electron chi connectivity index (χ0n) is 100. The SMILES string of the molecule is [2H]C([2H])([2H])C([2H])(C)C([2H])([2H])[C@@H]1CN2CCc3cc(OC)c(OC)cc3[C@H]2C[C@H]1OC(=O)[C@@H](N)C(C)C.[2H]C([2H])([2H])Oc1cc2c(cc1OC)C1CC(OC(=O)[C@@H](N)C(C)C)C(CC(C)C)CN1CC2.[2H]C([2H])([2H])Oc1cc2c(cc1OC)[C@H]1C[C@@H](OC(=O)[C@@H](N)C(C)C)[C@H](C([2H])([2H])C([2H])(C)C([2H])([2H])[2H])CN1CC2.[2H]C([2H])([2H])Oc1cc2c(cc1OC)[C@H]1C[C@@H](OC(=O)[C@@H](N)C(C)C)[C@H](C([2H])([2H])C([2H])(C)C([2H])([2H])[2H])CN1CC2. The van der Waals surface area contributed by atoms with Crippen molar-refractivity contribution in [2.75, 3.05) is 109 Å². The predicted molar refractivity (Wildman–Crippen MR) is 471 cm³/mol. The summed E-state index contributed by atoms with van der Waals surface area (Å²) < 4.78 is 283. The quantitative estimate of drug-likeness (QED) is 0.0303. The van der Waals surface area contributed by atoms with Crippen molar-refractivity contribution in [1.82, 2.24) is 19.6 Å². The van der Waals surface area contributed by atoms with Gasteiger partial charge in [0.15, 0.2) is 46.0 Å². The van der Waals surface area contributed by atoms with E-state index >= 15 is 0 Å². The van der Waals surface area contributed by atoms with Crippen LogP contribution in [0.1, 0.15) is 267 Å². The summed E-state index contributed by atoms with van der Waals surface area (Å²) >= 11 is 0. The third-order valence-corrected chi connectivity index (χ3v) is 24.6. The maximum atomic E-state index is 12.9. The monoisotopic (exact) mass is 1700 g/mol. The summed E-state index contributed by atoms with van der Waals surface area (Å²) in [6, 6.07) is 9.75. The van der Waals surface area contributed by atoms with E-state index in [0.717, 1.165) is 91.2 Å². The number of benzene rings is 4. The van der Waals surface area contributed by atoms with Crippen molar-refractivity contribution < 1.29 is 113 Å². The van der Waals surface area contributed by atoms with Crippen LogP contribution in [0.3, 0.4) is 0 Å². The lowest BCUT2D eigenvalue weighted by atomic mass is 9.79. The number of nitrogens with zero attached hydrogens (tertiary/aromatic N) is 4. The Balaban J connectivity index is 0.000000218. The third kappa shape index (κ3) is 23.8. The van der Waals surface area contributed by atoms with Gasteiger partial charge in [-0.1, -0.05) is 111 Å². The van der Waals surface area contributed by atoms with Crippen LogP contribution in [-0.2, 0) is 63.8 Å². The van der Waals surface area contributed by atoms with Gasteiger partial charge >= 0.3 is 23.9 Å². The first-order chi connectivity index (χ1) is 67.4. The van der Waals surface area contributed by atoms with Crippen LogP contribution in [0.15, 0.2) is 48.5 Å². The second-order valence-electron chi connectivity index (χ2n) is 34.8. The highest BCUT2D eigenvalue weighted by atomic mass is 16.6. The molecule has 672 valence electrons. The topological polar surface area (TPSA) is 296 Å². The number of rotatable bonds is 28. The smallest absolute Gasteiger partial charge is 0.323 e. The first kappa shape index (κ1) is 64.6. The lowest BCUT2D eigenvalue weighted by molar-refractivity contribution is -0.161. The van der Waals surface area contributed by atoms with Crippen LogP contribution in [0, 0.1) is 70.9 Å². The Morgan fingerprint density at radius 3 is 0.783 bits per heavy atom. The van der Waals surface area contributed by atoms with Crippen molar-refractivity contribution in [2.45, 2.75) is 260 Å². The van der Waals surface area contributed by atoms with E-state index in [9.17, 15) is 19.2 Å². The summed E-state index contributed by atoms with van der Waals surface area (Å²) in [7, 11) is -0.486. The Bertz CT molecular complexity index is 5010. The molecule has 0 amide bonds. The molecule has 19 atom stereocenters. The van der Waals surface area contributed by atoms with E-state index in [1.165, 1.54) is 21.3 Å². The molecule has 4 fully saturated rings. The molecule has 12 rings (SSSR count). The molecule has 0 spiro atoms. The minimum atomic E-state index is -2.93. The number of ether oxygens (including phenoxy) is 12. The number of carbonyl (C=O) groups is 4. The Kier molecular flexibility index (Phi) is 23.6. The van der Waals surface area contributed by atoms with Gasteiger partial charge in [-0.05, 0) is 192 Å². The number of methoxy groups -OCH3 is 8. The largest absolute Gasteiger partial charge is 0.493 e. The van der Waals surface area contributed by atoms with Gasteiger partial charge in [0.2, 0.25) is 0 Å². The van der Waals surface area contributed by atoms with Gasteiger partial charge in [0.25, 0.3) is 0 Å². The van der Waals surface area contributed by atoms with E-state index in [1.807, 2.05) is 41.8 Å². The maximum absolute atomic E-state index is 12.9. The summed E-state index contributed by atoms with van der Waals surface area (Å²) in [5, 5.41) is 0. The first-order valence-corrected chi connectivity index (χ1v) is 42.1. The van der Waals surface area contributed by atoms with Crippen LogP contribution in [0.25, 0.3) is 0 Å². The van der Waals surface area contributed by atoms with E-state index in [-0.39, 0.29) is 133 Å². The van der Waals surface area contributed by atoms with E-state index in [1.54, 1.807) is 86.1 Å². The number of carbonyl (C=O) groups excluding carboxylic acids is 4. The van der Waals surface area contributed by atoms with Crippen LogP contribution in [0.5, 0.6) is 46.0 Å². The molecule has 0 aliphatic carbocycles. The maximum Gasteiger partial charge on any atom is 0.323 e. The van der Waals surface area contributed by atoms with Crippen molar-refractivity contribution in [3.63, 3.8) is 0 Å². The minimum Gasteiger partial charge on any atom is -0.493 e. The minimum absolute atomic E-state index is 0.0115. The molecule has 0 aromatic heterocycles. The predicted octanol–water partition coefficient (Wildman–Crippen LogP) is 14.3. The second kappa shape index (κ2) is 43.9. The Hall–Kier alpha value is -7.16. The van der Waals surface area contributed by atoms with Crippen molar-refractivity contribution in [2.24, 2.45) is 93.9 Å². The number of piperidine rings is 4. The number of hydrogen-bond acceptors (Lipinski definition) is 24. The fourth-order valence-electron chi connectivity index (χ4n) is 17.8. The van der Waals surface area contributed by atoms with Gasteiger partial charge in [0, 0.05) is 151 Å². The molecule has 8 heterocycles. The molecule has 0 bridgehead atoms. The molecular formula is C96H152N8O16. The van der Waals surface area contributed by atoms with E-state index in [2.05, 4.69) is 23.6 Å². The van der Waals surface area contributed by atoms with E-state index < -0.39 is 157 Å². The van der Waals surface area contributed by atoms with Crippen molar-refractivity contribution in [3.8, 4) is 46.0 Å². The zero-order chi connectivity index (χ0) is 111. The van der Waals surface area contributed by atoms with Gasteiger partial charge in [0.05, 0.1) is 69.0 Å².